The van der Waals surface area contributed by atoms with E-state index in [1.165, 1.54) is 10.5 Å². The van der Waals surface area contributed by atoms with Crippen LogP contribution in [0.25, 0.3) is 0 Å². The number of carbonyl (C=O) groups excluding carboxylic acids is 1. The number of piperidine rings is 1. The largest absolute Gasteiger partial charge is 0.460 e. The van der Waals surface area contributed by atoms with Crippen LogP contribution >= 0.6 is 0 Å². The molecule has 0 aliphatic carbocycles. The van der Waals surface area contributed by atoms with Gasteiger partial charge in [-0.2, -0.15) is 4.31 Å². The predicted octanol–water partition coefficient (Wildman–Crippen LogP) is 1.48. The minimum Gasteiger partial charge on any atom is -0.460 e. The number of carbonyl (C=O) groups is 1. The number of rotatable bonds is 5. The molecule has 0 radical (unpaired) electrons. The van der Waals surface area contributed by atoms with Crippen LogP contribution in [0.2, 0.25) is 0 Å². The third-order valence-electron chi connectivity index (χ3n) is 5.02. The summed E-state index contributed by atoms with van der Waals surface area (Å²) in [5.74, 6) is 0.626. The van der Waals surface area contributed by atoms with Gasteiger partial charge in [0.1, 0.15) is 18.2 Å². The highest BCUT2D eigenvalue weighted by molar-refractivity contribution is 7.89. The molecule has 1 aliphatic heterocycles. The zero-order valence-corrected chi connectivity index (χ0v) is 16.7. The fourth-order valence-corrected chi connectivity index (χ4v) is 4.58. The SMILES string of the molecule is Cc1noc(C)c1COC(=O)C1CCN(S(=O)(=O)c2cn(C)c(C)n2)CC1. The second-order valence-electron chi connectivity index (χ2n) is 6.83. The minimum atomic E-state index is -3.64. The summed E-state index contributed by atoms with van der Waals surface area (Å²) in [7, 11) is -1.89. The van der Waals surface area contributed by atoms with Gasteiger partial charge in [0, 0.05) is 26.3 Å². The molecule has 3 heterocycles. The second-order valence-corrected chi connectivity index (χ2v) is 8.71. The smallest absolute Gasteiger partial charge is 0.309 e. The van der Waals surface area contributed by atoms with Crippen molar-refractivity contribution in [2.45, 2.75) is 45.2 Å². The Balaban J connectivity index is 1.57. The van der Waals surface area contributed by atoms with Crippen LogP contribution in [0, 0.1) is 26.7 Å². The molecule has 2 aromatic rings. The van der Waals surface area contributed by atoms with E-state index in [0.29, 0.717) is 30.1 Å². The van der Waals surface area contributed by atoms with E-state index in [-0.39, 0.29) is 36.6 Å². The first-order valence-electron chi connectivity index (χ1n) is 8.78. The van der Waals surface area contributed by atoms with Crippen molar-refractivity contribution in [2.75, 3.05) is 13.1 Å². The van der Waals surface area contributed by atoms with Gasteiger partial charge in [0.2, 0.25) is 0 Å². The molecule has 0 saturated carbocycles. The van der Waals surface area contributed by atoms with Crippen LogP contribution in [-0.4, -0.2) is 46.5 Å². The van der Waals surface area contributed by atoms with Gasteiger partial charge >= 0.3 is 5.97 Å². The molecule has 0 aromatic carbocycles. The molecule has 0 amide bonds. The van der Waals surface area contributed by atoms with E-state index in [1.54, 1.807) is 32.4 Å². The van der Waals surface area contributed by atoms with Gasteiger partial charge < -0.3 is 13.8 Å². The molecular weight excluding hydrogens is 372 g/mol. The van der Waals surface area contributed by atoms with Crippen LogP contribution in [0.5, 0.6) is 0 Å². The third kappa shape index (κ3) is 3.91. The summed E-state index contributed by atoms with van der Waals surface area (Å²) in [6, 6.07) is 0. The molecule has 0 bridgehead atoms. The summed E-state index contributed by atoms with van der Waals surface area (Å²) in [4.78, 5) is 16.4. The zero-order chi connectivity index (χ0) is 19.8. The molecule has 0 N–H and O–H groups in total. The van der Waals surface area contributed by atoms with Crippen molar-refractivity contribution in [1.29, 1.82) is 0 Å². The maximum atomic E-state index is 12.7. The molecule has 10 heteroatoms. The van der Waals surface area contributed by atoms with E-state index in [4.69, 9.17) is 9.26 Å². The van der Waals surface area contributed by atoms with Gasteiger partial charge in [-0.05, 0) is 33.6 Å². The normalized spacial score (nSPS) is 16.6. The molecule has 2 aromatic heterocycles. The molecule has 27 heavy (non-hydrogen) atoms. The zero-order valence-electron chi connectivity index (χ0n) is 15.9. The van der Waals surface area contributed by atoms with Gasteiger partial charge in [0.25, 0.3) is 10.0 Å². The maximum absolute atomic E-state index is 12.7. The van der Waals surface area contributed by atoms with Gasteiger partial charge in [0.15, 0.2) is 5.03 Å². The number of sulfonamides is 1. The lowest BCUT2D eigenvalue weighted by Crippen LogP contribution is -2.40. The van der Waals surface area contributed by atoms with Gasteiger partial charge in [0.05, 0.1) is 17.2 Å². The standard InChI is InChI=1S/C17H24N4O5S/c1-11-15(12(2)26-19-11)10-25-17(22)14-5-7-21(8-6-14)27(23,24)16-9-20(4)13(3)18-16/h9,14H,5-8,10H2,1-4H3. The molecule has 1 saturated heterocycles. The van der Waals surface area contributed by atoms with Crippen molar-refractivity contribution in [3.8, 4) is 0 Å². The Hall–Kier alpha value is -2.20. The van der Waals surface area contributed by atoms with E-state index < -0.39 is 10.0 Å². The van der Waals surface area contributed by atoms with Crippen LogP contribution in [0.3, 0.4) is 0 Å². The highest BCUT2D eigenvalue weighted by Gasteiger charge is 2.34. The number of esters is 1. The summed E-state index contributed by atoms with van der Waals surface area (Å²) < 4.78 is 38.9. The van der Waals surface area contributed by atoms with Gasteiger partial charge in [-0.3, -0.25) is 4.79 Å². The number of imidazole rings is 1. The summed E-state index contributed by atoms with van der Waals surface area (Å²) >= 11 is 0. The summed E-state index contributed by atoms with van der Waals surface area (Å²) in [6.07, 6.45) is 2.35. The lowest BCUT2D eigenvalue weighted by molar-refractivity contribution is -0.151. The molecule has 0 spiro atoms. The molecular formula is C17H24N4O5S. The fourth-order valence-electron chi connectivity index (χ4n) is 3.08. The predicted molar refractivity (Wildman–Crippen MR) is 95.2 cm³/mol. The minimum absolute atomic E-state index is 0.0435. The first-order valence-corrected chi connectivity index (χ1v) is 10.2. The molecule has 1 aliphatic rings. The van der Waals surface area contributed by atoms with Crippen molar-refractivity contribution in [2.24, 2.45) is 13.0 Å². The van der Waals surface area contributed by atoms with Crippen molar-refractivity contribution in [1.82, 2.24) is 19.0 Å². The quantitative estimate of drug-likeness (QED) is 0.704. The van der Waals surface area contributed by atoms with Crippen molar-refractivity contribution >= 4 is 16.0 Å². The van der Waals surface area contributed by atoms with E-state index in [9.17, 15) is 13.2 Å². The van der Waals surface area contributed by atoms with Crippen molar-refractivity contribution < 1.29 is 22.5 Å². The molecule has 9 nitrogen and oxygen atoms in total. The average Bonchev–Trinajstić information content (AvgIpc) is 3.15. The monoisotopic (exact) mass is 396 g/mol. The number of ether oxygens (including phenoxy) is 1. The van der Waals surface area contributed by atoms with Crippen LogP contribution in [0.4, 0.5) is 0 Å². The Kier molecular flexibility index (Phi) is 5.38. The number of aromatic nitrogens is 3. The Morgan fingerprint density at radius 3 is 2.48 bits per heavy atom. The Morgan fingerprint density at radius 1 is 1.30 bits per heavy atom. The number of hydrogen-bond acceptors (Lipinski definition) is 7. The first kappa shape index (κ1) is 19.6. The van der Waals surface area contributed by atoms with E-state index in [2.05, 4.69) is 10.1 Å². The van der Waals surface area contributed by atoms with E-state index >= 15 is 0 Å². The highest BCUT2D eigenvalue weighted by atomic mass is 32.2. The van der Waals surface area contributed by atoms with E-state index in [0.717, 1.165) is 5.56 Å². The lowest BCUT2D eigenvalue weighted by atomic mass is 9.98. The van der Waals surface area contributed by atoms with E-state index in [1.807, 2.05) is 0 Å². The summed E-state index contributed by atoms with van der Waals surface area (Å²) in [5.41, 5.74) is 1.47. The molecule has 3 rings (SSSR count). The summed E-state index contributed by atoms with van der Waals surface area (Å²) in [6.45, 7) is 5.96. The second kappa shape index (κ2) is 7.43. The van der Waals surface area contributed by atoms with Gasteiger partial charge in [-0.25, -0.2) is 13.4 Å². The molecule has 148 valence electrons. The molecule has 1 fully saturated rings. The number of hydrogen-bond donors (Lipinski definition) is 0. The lowest BCUT2D eigenvalue weighted by Gasteiger charge is -2.29. The Bertz CT molecular complexity index is 900. The topological polar surface area (TPSA) is 108 Å². The summed E-state index contributed by atoms with van der Waals surface area (Å²) in [5, 5.41) is 3.88. The first-order chi connectivity index (χ1) is 12.7. The van der Waals surface area contributed by atoms with Crippen molar-refractivity contribution in [3.63, 3.8) is 0 Å². The number of aryl methyl sites for hydroxylation is 4. The average molecular weight is 396 g/mol. The van der Waals surface area contributed by atoms with Crippen LogP contribution in [0.1, 0.15) is 35.7 Å². The Morgan fingerprint density at radius 2 is 1.96 bits per heavy atom. The van der Waals surface area contributed by atoms with Gasteiger partial charge in [-0.15, -0.1) is 0 Å². The Labute approximate surface area is 158 Å². The van der Waals surface area contributed by atoms with Crippen LogP contribution in [-0.2, 0) is 33.2 Å². The molecule has 0 atom stereocenters. The third-order valence-corrected chi connectivity index (χ3v) is 6.79. The maximum Gasteiger partial charge on any atom is 0.309 e. The fraction of sp³-hybridized carbons (Fsp3) is 0.588. The van der Waals surface area contributed by atoms with Crippen LogP contribution in [0.15, 0.2) is 15.7 Å². The van der Waals surface area contributed by atoms with Gasteiger partial charge in [-0.1, -0.05) is 5.16 Å². The van der Waals surface area contributed by atoms with Crippen molar-refractivity contribution in [3.05, 3.63) is 29.0 Å². The van der Waals surface area contributed by atoms with Crippen LogP contribution < -0.4 is 0 Å². The highest BCUT2D eigenvalue weighted by Crippen LogP contribution is 2.25. The molecule has 0 unspecified atom stereocenters. The number of nitrogens with zero attached hydrogens (tertiary/aromatic N) is 4.